The van der Waals surface area contributed by atoms with Crippen molar-refractivity contribution in [3.63, 3.8) is 0 Å². The predicted octanol–water partition coefficient (Wildman–Crippen LogP) is 12.6. The van der Waals surface area contributed by atoms with Crippen molar-refractivity contribution in [2.75, 3.05) is 89.6 Å². The second kappa shape index (κ2) is 36.6. The van der Waals surface area contributed by atoms with Gasteiger partial charge in [-0.2, -0.15) is 74.8 Å². The van der Waals surface area contributed by atoms with E-state index in [9.17, 15) is 0 Å². The van der Waals surface area contributed by atoms with Crippen LogP contribution in [-0.4, -0.2) is 93.4 Å². The molecule has 40 heteroatoms. The molecule has 0 fully saturated rings. The smallest absolute Gasteiger partial charge is 0.233 e. The molecule has 0 atom stereocenters. The Morgan fingerprint density at radius 3 is 0.895 bits per heavy atom. The average molecular weight is 1500 g/mol. The van der Waals surface area contributed by atoms with Gasteiger partial charge in [0.1, 0.15) is 0 Å². The van der Waals surface area contributed by atoms with Gasteiger partial charge in [0, 0.05) is 43.1 Å². The Labute approximate surface area is 594 Å². The Hall–Kier alpha value is -8.95. The molecular weight excluding hydrogens is 1440 g/mol. The van der Waals surface area contributed by atoms with Crippen LogP contribution in [0.4, 0.5) is 101 Å². The van der Waals surface area contributed by atoms with Gasteiger partial charge in [-0.3, -0.25) is 0 Å². The fourth-order valence-electron chi connectivity index (χ4n) is 7.09. The second-order valence-electron chi connectivity index (χ2n) is 19.5. The maximum atomic E-state index is 5.97. The van der Waals surface area contributed by atoms with E-state index in [-0.39, 0.29) is 65.6 Å². The lowest BCUT2D eigenvalue weighted by atomic mass is 10.1. The first-order valence-electron chi connectivity index (χ1n) is 27.4. The van der Waals surface area contributed by atoms with Crippen LogP contribution in [0.5, 0.6) is 0 Å². The van der Waals surface area contributed by atoms with Crippen LogP contribution in [-0.2, 0) is 19.5 Å². The first kappa shape index (κ1) is 75.1. The van der Waals surface area contributed by atoms with Crippen LogP contribution in [0.2, 0.25) is 50.2 Å². The number of halogens is 10. The zero-order valence-corrected chi connectivity index (χ0v) is 57.8. The van der Waals surface area contributed by atoms with Crippen molar-refractivity contribution in [1.82, 2.24) is 74.8 Å². The summed E-state index contributed by atoms with van der Waals surface area (Å²) in [5, 5.41) is 26.0. The Morgan fingerprint density at radius 1 is 0.284 bits per heavy atom. The minimum atomic E-state index is 0.0417. The van der Waals surface area contributed by atoms with Gasteiger partial charge >= 0.3 is 0 Å². The highest BCUT2D eigenvalue weighted by Gasteiger charge is 2.11. The first-order chi connectivity index (χ1) is 45.0. The molecule has 0 aliphatic rings. The van der Waals surface area contributed by atoms with E-state index in [1.54, 1.807) is 66.7 Å². The average Bonchev–Trinajstić information content (AvgIpc) is 1.18. The molecule has 0 radical (unpaired) electrons. The molecule has 0 aliphatic carbocycles. The molecule has 30 nitrogen and oxygen atoms in total. The maximum Gasteiger partial charge on any atom is 0.233 e. The summed E-state index contributed by atoms with van der Waals surface area (Å²) in [6, 6.07) is 26.8. The van der Waals surface area contributed by atoms with E-state index in [0.717, 1.165) is 23.1 Å². The summed E-state index contributed by atoms with van der Waals surface area (Å²) >= 11 is 58.8. The zero-order chi connectivity index (χ0) is 69.5. The Kier molecular flexibility index (Phi) is 29.0. The third-order valence-corrected chi connectivity index (χ3v) is 14.7. The second-order valence-corrected chi connectivity index (χ2v) is 23.6. The summed E-state index contributed by atoms with van der Waals surface area (Å²) in [6.07, 6.45) is 0.738. The molecule has 0 saturated heterocycles. The highest BCUT2D eigenvalue weighted by molar-refractivity contribution is 6.44. The molecule has 23 N–H and O–H groups in total. The number of anilines is 17. The third-order valence-electron chi connectivity index (χ3n) is 11.1. The number of nitrogens with two attached hydrogens (primary N) is 8. The first-order valence-corrected chi connectivity index (χ1v) is 31.1. The fraction of sp³-hybridized carbons (Fsp3) is 0.182. The standard InChI is InChI=1S/C13H16Cl2N6.C12H14Cl2N6.C11H12Cl2N6.C10H10Cl2N6.C9H8Cl2N6/c1-7(2)18-13-20-11(16)19-12(21-13)17-6-8-3-4-9(14)10(15)5-8;1-6(2)16-11-18-10(15)19-12(20-11)17-7-3-4-8(13)9(14)5-7;12-7-2-1-6(5-8(7)13)3-4-16-11-18-9(14)17-10(15)19-11;11-6-2-1-5(3-7(6)12)4-15-10-17-8(13)16-9(14)18-10;10-5-2-1-4(3-6(5)11)14-9-16-7(12)15-8(13)17-9/h3-5,7H,6H2,1-2H3,(H4,16,17,18,19,20,21);3-6H,1-2H3,(H4,15,16,17,18,19,20);1-2,5H,3-4H2,(H5,14,15,16,17,18,19);1-3H,4H2,(H5,13,14,15,16,17,18);1-3H,(H5,12,13,14,15,16,17). The molecular formula is C55H60Cl10N30. The van der Waals surface area contributed by atoms with Crippen molar-refractivity contribution in [3.8, 4) is 0 Å². The maximum absolute atomic E-state index is 5.97. The lowest BCUT2D eigenvalue weighted by Crippen LogP contribution is -2.15. The van der Waals surface area contributed by atoms with Crippen LogP contribution in [0.3, 0.4) is 0 Å². The zero-order valence-electron chi connectivity index (χ0n) is 50.3. The Balaban J connectivity index is 0.000000188. The molecule has 0 bridgehead atoms. The SMILES string of the molecule is CC(C)Nc1nc(N)nc(NCc2ccc(Cl)c(Cl)c2)n1.CC(C)Nc1nc(N)nc(Nc2ccc(Cl)c(Cl)c2)n1.Nc1nc(N)nc(NCCc2ccc(Cl)c(Cl)c2)n1.Nc1nc(N)nc(NCc2ccc(Cl)c(Cl)c2)n1.Nc1nc(N)nc(Nc2ccc(Cl)c(Cl)c2)n1. The number of hydrogen-bond donors (Lipinski definition) is 15. The number of nitrogens with one attached hydrogen (secondary N) is 7. The Bertz CT molecular complexity index is 4140. The molecule has 95 heavy (non-hydrogen) atoms. The number of aromatic nitrogens is 15. The molecule has 0 aliphatic heterocycles. The van der Waals surface area contributed by atoms with E-state index in [1.807, 2.05) is 52.0 Å². The molecule has 5 aromatic heterocycles. The lowest BCUT2D eigenvalue weighted by molar-refractivity contribution is 0.867. The minimum absolute atomic E-state index is 0.0417. The van der Waals surface area contributed by atoms with Gasteiger partial charge < -0.3 is 83.1 Å². The summed E-state index contributed by atoms with van der Waals surface area (Å²) in [4.78, 5) is 58.9. The van der Waals surface area contributed by atoms with E-state index in [2.05, 4.69) is 112 Å². The van der Waals surface area contributed by atoms with Crippen LogP contribution < -0.4 is 83.1 Å². The van der Waals surface area contributed by atoms with E-state index in [0.29, 0.717) is 117 Å². The molecule has 0 spiro atoms. The summed E-state index contributed by atoms with van der Waals surface area (Å²) in [7, 11) is 0. The monoisotopic (exact) mass is 1490 g/mol. The largest absolute Gasteiger partial charge is 0.368 e. The van der Waals surface area contributed by atoms with Crippen molar-refractivity contribution in [3.05, 3.63) is 158 Å². The van der Waals surface area contributed by atoms with E-state index in [1.165, 1.54) is 0 Å². The van der Waals surface area contributed by atoms with Gasteiger partial charge in [-0.25, -0.2) is 0 Å². The third kappa shape index (κ3) is 26.8. The van der Waals surface area contributed by atoms with Crippen molar-refractivity contribution in [2.24, 2.45) is 0 Å². The summed E-state index contributed by atoms with van der Waals surface area (Å²) < 4.78 is 0. The molecule has 5 aromatic carbocycles. The summed E-state index contributed by atoms with van der Waals surface area (Å²) in [5.74, 6) is 3.17. The molecule has 0 unspecified atom stereocenters. The number of nitrogen functional groups attached to an aromatic ring is 8. The van der Waals surface area contributed by atoms with Crippen LogP contribution in [0, 0.1) is 0 Å². The van der Waals surface area contributed by atoms with Crippen molar-refractivity contribution >= 4 is 217 Å². The predicted molar refractivity (Wildman–Crippen MR) is 388 cm³/mol. The van der Waals surface area contributed by atoms with Gasteiger partial charge in [-0.15, -0.1) is 0 Å². The van der Waals surface area contributed by atoms with Gasteiger partial charge in [-0.05, 0) is 124 Å². The Morgan fingerprint density at radius 2 is 0.547 bits per heavy atom. The van der Waals surface area contributed by atoms with E-state index >= 15 is 0 Å². The van der Waals surface area contributed by atoms with Crippen molar-refractivity contribution in [1.29, 1.82) is 0 Å². The van der Waals surface area contributed by atoms with Gasteiger partial charge in [0.25, 0.3) is 0 Å². The number of benzene rings is 5. The van der Waals surface area contributed by atoms with Gasteiger partial charge in [-0.1, -0.05) is 134 Å². The lowest BCUT2D eigenvalue weighted by Gasteiger charge is -2.11. The molecule has 0 saturated carbocycles. The number of hydrogen-bond acceptors (Lipinski definition) is 30. The fourth-order valence-corrected chi connectivity index (χ4v) is 8.65. The number of nitrogens with zero attached hydrogens (tertiary/aromatic N) is 15. The van der Waals surface area contributed by atoms with Gasteiger partial charge in [0.2, 0.25) is 89.2 Å². The van der Waals surface area contributed by atoms with Gasteiger partial charge in [0.15, 0.2) is 0 Å². The normalized spacial score (nSPS) is 10.5. The van der Waals surface area contributed by atoms with Gasteiger partial charge in [0.05, 0.1) is 50.2 Å². The van der Waals surface area contributed by atoms with Crippen LogP contribution in [0.15, 0.2) is 91.0 Å². The molecule has 10 rings (SSSR count). The quantitative estimate of drug-likeness (QED) is 0.0379. The molecule has 10 aromatic rings. The minimum Gasteiger partial charge on any atom is -0.368 e. The summed E-state index contributed by atoms with van der Waals surface area (Å²) in [5.41, 5.74) is 48.4. The molecule has 500 valence electrons. The van der Waals surface area contributed by atoms with Crippen molar-refractivity contribution < 1.29 is 0 Å². The highest BCUT2D eigenvalue weighted by atomic mass is 35.5. The van der Waals surface area contributed by atoms with E-state index < -0.39 is 0 Å². The number of rotatable bonds is 18. The molecule has 0 amide bonds. The van der Waals surface area contributed by atoms with Crippen LogP contribution >= 0.6 is 116 Å². The highest BCUT2D eigenvalue weighted by Crippen LogP contribution is 2.29. The van der Waals surface area contributed by atoms with Crippen molar-refractivity contribution in [2.45, 2.75) is 59.3 Å². The topological polar surface area (TPSA) is 486 Å². The molecule has 5 heterocycles. The van der Waals surface area contributed by atoms with E-state index in [4.69, 9.17) is 162 Å². The van der Waals surface area contributed by atoms with Crippen LogP contribution in [0.25, 0.3) is 0 Å². The van der Waals surface area contributed by atoms with Crippen LogP contribution in [0.1, 0.15) is 44.4 Å². The summed E-state index contributed by atoms with van der Waals surface area (Å²) in [6.45, 7) is 9.52.